The Morgan fingerprint density at radius 1 is 0.438 bits per heavy atom. The maximum Gasteiger partial charge on any atom is 0.301 e. The minimum Gasteiger partial charge on any atom is -0.284 e. The average molecular weight is 475 g/mol. The van der Waals surface area contributed by atoms with Gasteiger partial charge < -0.3 is 0 Å². The molecule has 0 fully saturated rings. The van der Waals surface area contributed by atoms with Crippen LogP contribution in [0.2, 0.25) is 0 Å². The molecule has 0 amide bonds. The van der Waals surface area contributed by atoms with Gasteiger partial charge in [-0.15, -0.1) is 0 Å². The molecule has 1 unspecified atom stereocenters. The molecule has 0 aromatic carbocycles. The van der Waals surface area contributed by atoms with Gasteiger partial charge in [-0.3, -0.25) is 8.74 Å². The van der Waals surface area contributed by atoms with Gasteiger partial charge in [0, 0.05) is 0 Å². The van der Waals surface area contributed by atoms with Crippen molar-refractivity contribution in [2.75, 3.05) is 6.61 Å². The van der Waals surface area contributed by atoms with Crippen molar-refractivity contribution in [2.24, 2.45) is 0 Å². The third-order valence-corrected chi connectivity index (χ3v) is 7.05. The number of unbranched alkanes of at least 4 members (excludes halogenated alkanes) is 25. The van der Waals surface area contributed by atoms with Crippen molar-refractivity contribution in [3.8, 4) is 0 Å². The lowest BCUT2D eigenvalue weighted by atomic mass is 10.0. The van der Waals surface area contributed by atoms with E-state index in [9.17, 15) is 4.21 Å². The van der Waals surface area contributed by atoms with Crippen LogP contribution in [-0.2, 0) is 15.5 Å². The molecule has 194 valence electrons. The highest BCUT2D eigenvalue weighted by Crippen LogP contribution is 2.15. The molecule has 0 aliphatic heterocycles. The lowest BCUT2D eigenvalue weighted by Crippen LogP contribution is -1.97. The molecule has 0 saturated heterocycles. The van der Waals surface area contributed by atoms with Crippen molar-refractivity contribution in [3.05, 3.63) is 0 Å². The predicted molar refractivity (Wildman–Crippen MR) is 142 cm³/mol. The molecule has 0 saturated carbocycles. The van der Waals surface area contributed by atoms with E-state index in [0.29, 0.717) is 6.61 Å². The van der Waals surface area contributed by atoms with Crippen LogP contribution >= 0.6 is 0 Å². The van der Waals surface area contributed by atoms with Crippen molar-refractivity contribution in [1.29, 1.82) is 0 Å². The summed E-state index contributed by atoms with van der Waals surface area (Å²) in [5.41, 5.74) is 0. The summed E-state index contributed by atoms with van der Waals surface area (Å²) in [5, 5.41) is 0. The van der Waals surface area contributed by atoms with Crippen molar-refractivity contribution >= 4 is 11.4 Å². The molecular formula is C28H58O3S. The van der Waals surface area contributed by atoms with Gasteiger partial charge in [0.25, 0.3) is 0 Å². The van der Waals surface area contributed by atoms with Crippen LogP contribution in [0.3, 0.4) is 0 Å². The Labute approximate surface area is 204 Å². The third-order valence-electron chi connectivity index (χ3n) is 6.68. The summed E-state index contributed by atoms with van der Waals surface area (Å²) < 4.78 is 23.4. The van der Waals surface area contributed by atoms with E-state index in [1.165, 1.54) is 154 Å². The molecule has 4 heteroatoms. The van der Waals surface area contributed by atoms with Gasteiger partial charge in [0.1, 0.15) is 0 Å². The van der Waals surface area contributed by atoms with Gasteiger partial charge in [0.05, 0.1) is 6.61 Å². The molecular weight excluding hydrogens is 416 g/mol. The summed E-state index contributed by atoms with van der Waals surface area (Å²) in [6.07, 6.45) is 36.2. The monoisotopic (exact) mass is 474 g/mol. The fraction of sp³-hybridized carbons (Fsp3) is 1.00. The van der Waals surface area contributed by atoms with Gasteiger partial charge in [-0.2, -0.15) is 4.21 Å². The van der Waals surface area contributed by atoms with E-state index in [0.717, 1.165) is 12.8 Å². The average Bonchev–Trinajstić information content (AvgIpc) is 2.78. The van der Waals surface area contributed by atoms with Gasteiger partial charge in [-0.05, 0) is 6.42 Å². The van der Waals surface area contributed by atoms with Crippen molar-refractivity contribution in [3.63, 3.8) is 0 Å². The van der Waals surface area contributed by atoms with Crippen LogP contribution in [0.25, 0.3) is 0 Å². The normalized spacial score (nSPS) is 12.4. The standard InChI is InChI=1S/C28H58O3S/c1-2-3-4-5-6-7-8-9-10-11-12-13-14-15-16-17-18-19-20-21-22-23-24-25-26-27-28-31-32(29)30/h2-28H2,1H3,(H,29,30). The highest BCUT2D eigenvalue weighted by Gasteiger charge is 1.97. The molecule has 0 radical (unpaired) electrons. The summed E-state index contributed by atoms with van der Waals surface area (Å²) in [6.45, 7) is 2.70. The van der Waals surface area contributed by atoms with E-state index in [-0.39, 0.29) is 0 Å². The molecule has 3 nitrogen and oxygen atoms in total. The summed E-state index contributed by atoms with van der Waals surface area (Å²) in [5.74, 6) is 0. The van der Waals surface area contributed by atoms with Crippen molar-refractivity contribution in [1.82, 2.24) is 0 Å². The first-order valence-corrected chi connectivity index (χ1v) is 15.5. The second-order valence-corrected chi connectivity index (χ2v) is 10.5. The van der Waals surface area contributed by atoms with E-state index >= 15 is 0 Å². The Morgan fingerprint density at radius 2 is 0.656 bits per heavy atom. The molecule has 1 N–H and O–H groups in total. The lowest BCUT2D eigenvalue weighted by molar-refractivity contribution is 0.296. The van der Waals surface area contributed by atoms with Gasteiger partial charge >= 0.3 is 11.4 Å². The third kappa shape index (κ3) is 30.1. The fourth-order valence-electron chi connectivity index (χ4n) is 4.55. The minimum absolute atomic E-state index is 0.405. The van der Waals surface area contributed by atoms with E-state index in [2.05, 4.69) is 11.1 Å². The highest BCUT2D eigenvalue weighted by atomic mass is 32.2. The second kappa shape index (κ2) is 29.1. The molecule has 0 spiro atoms. The molecule has 0 aliphatic rings. The smallest absolute Gasteiger partial charge is 0.284 e. The van der Waals surface area contributed by atoms with E-state index in [1.807, 2.05) is 0 Å². The summed E-state index contributed by atoms with van der Waals surface area (Å²) >= 11 is -2.09. The molecule has 32 heavy (non-hydrogen) atoms. The van der Waals surface area contributed by atoms with Crippen molar-refractivity contribution in [2.45, 2.75) is 174 Å². The number of rotatable bonds is 28. The van der Waals surface area contributed by atoms with Crippen LogP contribution < -0.4 is 0 Å². The fourth-order valence-corrected chi connectivity index (χ4v) is 4.81. The Kier molecular flexibility index (Phi) is 29.2. The molecule has 0 rings (SSSR count). The molecule has 0 bridgehead atoms. The Balaban J connectivity index is 3.00. The summed E-state index contributed by atoms with van der Waals surface area (Å²) in [4.78, 5) is 0. The molecule has 0 aromatic heterocycles. The summed E-state index contributed by atoms with van der Waals surface area (Å²) in [6, 6.07) is 0. The van der Waals surface area contributed by atoms with E-state index < -0.39 is 11.4 Å². The number of hydrogen-bond acceptors (Lipinski definition) is 2. The van der Waals surface area contributed by atoms with Gasteiger partial charge in [0.15, 0.2) is 0 Å². The van der Waals surface area contributed by atoms with Crippen LogP contribution in [0.15, 0.2) is 0 Å². The molecule has 0 heterocycles. The largest absolute Gasteiger partial charge is 0.301 e. The SMILES string of the molecule is CCCCCCCCCCCCCCCCCCCCCCCCCCCCOS(=O)O. The zero-order valence-electron chi connectivity index (χ0n) is 21.8. The van der Waals surface area contributed by atoms with Crippen molar-refractivity contribution < 1.29 is 12.9 Å². The Bertz CT molecular complexity index is 363. The van der Waals surface area contributed by atoms with Crippen LogP contribution in [0.5, 0.6) is 0 Å². The first-order valence-electron chi connectivity index (χ1n) is 14.5. The van der Waals surface area contributed by atoms with Crippen LogP contribution in [0.1, 0.15) is 174 Å². The van der Waals surface area contributed by atoms with E-state index in [1.54, 1.807) is 0 Å². The van der Waals surface area contributed by atoms with E-state index in [4.69, 9.17) is 4.55 Å². The van der Waals surface area contributed by atoms with Gasteiger partial charge in [-0.1, -0.05) is 167 Å². The van der Waals surface area contributed by atoms with Gasteiger partial charge in [-0.25, -0.2) is 0 Å². The first kappa shape index (κ1) is 32.1. The second-order valence-electron chi connectivity index (χ2n) is 9.88. The number of hydrogen-bond donors (Lipinski definition) is 1. The van der Waals surface area contributed by atoms with Crippen LogP contribution in [-0.4, -0.2) is 15.4 Å². The van der Waals surface area contributed by atoms with Crippen LogP contribution in [0.4, 0.5) is 0 Å². The van der Waals surface area contributed by atoms with Crippen LogP contribution in [0, 0.1) is 0 Å². The Hall–Kier alpha value is 0.0700. The summed E-state index contributed by atoms with van der Waals surface area (Å²) in [7, 11) is 0. The molecule has 1 atom stereocenters. The minimum atomic E-state index is -2.09. The predicted octanol–water partition coefficient (Wildman–Crippen LogP) is 10.3. The molecule has 0 aliphatic carbocycles. The first-order chi connectivity index (χ1) is 15.8. The zero-order valence-corrected chi connectivity index (χ0v) is 22.6. The highest BCUT2D eigenvalue weighted by molar-refractivity contribution is 7.74. The topological polar surface area (TPSA) is 46.5 Å². The lowest BCUT2D eigenvalue weighted by Gasteiger charge is -2.04. The van der Waals surface area contributed by atoms with Gasteiger partial charge in [0.2, 0.25) is 0 Å². The molecule has 0 aromatic rings. The zero-order chi connectivity index (χ0) is 23.4. The maximum atomic E-state index is 10.3. The Morgan fingerprint density at radius 3 is 0.875 bits per heavy atom. The quantitative estimate of drug-likeness (QED) is 0.0905. The maximum absolute atomic E-state index is 10.3.